The molecular formula is C17H29NOS. The van der Waals surface area contributed by atoms with Crippen molar-refractivity contribution in [2.24, 2.45) is 5.92 Å². The van der Waals surface area contributed by atoms with Crippen LogP contribution in [0, 0.1) is 5.92 Å². The smallest absolute Gasteiger partial charge is 0.119 e. The van der Waals surface area contributed by atoms with Crippen molar-refractivity contribution in [1.29, 1.82) is 0 Å². The third-order valence-electron chi connectivity index (χ3n) is 3.13. The van der Waals surface area contributed by atoms with Crippen molar-refractivity contribution in [3.05, 3.63) is 24.3 Å². The molecule has 0 unspecified atom stereocenters. The molecule has 1 aromatic carbocycles. The Morgan fingerprint density at radius 1 is 1.05 bits per heavy atom. The molecule has 0 saturated carbocycles. The van der Waals surface area contributed by atoms with E-state index >= 15 is 0 Å². The second kappa shape index (κ2) is 11.0. The van der Waals surface area contributed by atoms with E-state index in [0.717, 1.165) is 37.8 Å². The van der Waals surface area contributed by atoms with Gasteiger partial charge < -0.3 is 10.1 Å². The summed E-state index contributed by atoms with van der Waals surface area (Å²) in [5.74, 6) is 1.74. The highest BCUT2D eigenvalue weighted by atomic mass is 32.2. The average molecular weight is 295 g/mol. The van der Waals surface area contributed by atoms with Gasteiger partial charge in [-0.3, -0.25) is 0 Å². The molecule has 0 aliphatic carbocycles. The van der Waals surface area contributed by atoms with Crippen LogP contribution in [0.25, 0.3) is 0 Å². The van der Waals surface area contributed by atoms with Crippen molar-refractivity contribution in [2.75, 3.05) is 26.0 Å². The van der Waals surface area contributed by atoms with Crippen molar-refractivity contribution in [3.63, 3.8) is 0 Å². The lowest BCUT2D eigenvalue weighted by molar-refractivity contribution is 0.304. The van der Waals surface area contributed by atoms with Crippen molar-refractivity contribution >= 4 is 11.8 Å². The van der Waals surface area contributed by atoms with E-state index in [9.17, 15) is 0 Å². The maximum atomic E-state index is 5.74. The second-order valence-corrected chi connectivity index (χ2v) is 6.42. The van der Waals surface area contributed by atoms with Gasteiger partial charge in [0, 0.05) is 4.90 Å². The van der Waals surface area contributed by atoms with E-state index in [1.54, 1.807) is 11.8 Å². The van der Waals surface area contributed by atoms with Crippen LogP contribution in [0.1, 0.15) is 39.5 Å². The number of rotatable bonds is 11. The Morgan fingerprint density at radius 3 is 2.40 bits per heavy atom. The van der Waals surface area contributed by atoms with E-state index in [0.29, 0.717) is 0 Å². The van der Waals surface area contributed by atoms with Gasteiger partial charge in [-0.2, -0.15) is 0 Å². The van der Waals surface area contributed by atoms with Gasteiger partial charge in [-0.25, -0.2) is 0 Å². The minimum absolute atomic E-state index is 0.751. The molecule has 0 atom stereocenters. The van der Waals surface area contributed by atoms with E-state index in [-0.39, 0.29) is 0 Å². The van der Waals surface area contributed by atoms with Crippen LogP contribution >= 0.6 is 11.8 Å². The number of unbranched alkanes of at least 4 members (excludes halogenated alkanes) is 3. The van der Waals surface area contributed by atoms with Crippen molar-refractivity contribution in [1.82, 2.24) is 5.32 Å². The van der Waals surface area contributed by atoms with Gasteiger partial charge in [0.25, 0.3) is 0 Å². The standard InChI is InChI=1S/C17H29NOS/c1-15(2)14-18-12-6-4-5-7-13-19-16-8-10-17(20-3)11-9-16/h8-11,15,18H,4-7,12-14H2,1-3H3. The quantitative estimate of drug-likeness (QED) is 0.476. The first-order valence-electron chi connectivity index (χ1n) is 7.70. The molecule has 1 rings (SSSR count). The molecule has 1 aromatic rings. The van der Waals surface area contributed by atoms with Crippen LogP contribution < -0.4 is 10.1 Å². The van der Waals surface area contributed by atoms with Gasteiger partial charge in [0.1, 0.15) is 5.75 Å². The van der Waals surface area contributed by atoms with Crippen LogP contribution in [0.2, 0.25) is 0 Å². The Balaban J connectivity index is 1.94. The van der Waals surface area contributed by atoms with Crippen LogP contribution in [-0.4, -0.2) is 26.0 Å². The summed E-state index contributed by atoms with van der Waals surface area (Å²) in [5, 5.41) is 3.48. The third-order valence-corrected chi connectivity index (χ3v) is 3.87. The van der Waals surface area contributed by atoms with Gasteiger partial charge in [0.2, 0.25) is 0 Å². The van der Waals surface area contributed by atoms with Crippen LogP contribution in [0.5, 0.6) is 5.75 Å². The van der Waals surface area contributed by atoms with E-state index in [1.165, 1.54) is 24.2 Å². The summed E-state index contributed by atoms with van der Waals surface area (Å²) in [6.07, 6.45) is 7.06. The largest absolute Gasteiger partial charge is 0.494 e. The first kappa shape index (κ1) is 17.4. The lowest BCUT2D eigenvalue weighted by Crippen LogP contribution is -2.20. The van der Waals surface area contributed by atoms with Crippen LogP contribution in [0.4, 0.5) is 0 Å². The molecule has 1 N–H and O–H groups in total. The van der Waals surface area contributed by atoms with Crippen LogP contribution in [-0.2, 0) is 0 Å². The highest BCUT2D eigenvalue weighted by Crippen LogP contribution is 2.19. The predicted octanol–water partition coefficient (Wildman–Crippen LogP) is 4.59. The van der Waals surface area contributed by atoms with E-state index in [4.69, 9.17) is 4.74 Å². The van der Waals surface area contributed by atoms with Crippen molar-refractivity contribution < 1.29 is 4.74 Å². The van der Waals surface area contributed by atoms with Gasteiger partial charge in [0.05, 0.1) is 6.61 Å². The number of ether oxygens (including phenoxy) is 1. The zero-order valence-electron chi connectivity index (χ0n) is 13.2. The molecule has 0 aromatic heterocycles. The number of hydrogen-bond acceptors (Lipinski definition) is 3. The lowest BCUT2D eigenvalue weighted by Gasteiger charge is -2.08. The van der Waals surface area contributed by atoms with Crippen LogP contribution in [0.3, 0.4) is 0 Å². The zero-order chi connectivity index (χ0) is 14.6. The van der Waals surface area contributed by atoms with E-state index in [2.05, 4.69) is 49.7 Å². The molecule has 0 bridgehead atoms. The number of thioether (sulfide) groups is 1. The average Bonchev–Trinajstić information content (AvgIpc) is 2.46. The molecule has 20 heavy (non-hydrogen) atoms. The third kappa shape index (κ3) is 8.49. The van der Waals surface area contributed by atoms with Gasteiger partial charge in [-0.15, -0.1) is 11.8 Å². The molecule has 0 radical (unpaired) electrons. The molecule has 0 fully saturated rings. The molecule has 0 aliphatic rings. The lowest BCUT2D eigenvalue weighted by atomic mass is 10.2. The molecule has 114 valence electrons. The van der Waals surface area contributed by atoms with E-state index in [1.807, 2.05) is 0 Å². The van der Waals surface area contributed by atoms with Crippen LogP contribution in [0.15, 0.2) is 29.2 Å². The topological polar surface area (TPSA) is 21.3 Å². The Labute approximate surface area is 128 Å². The number of benzene rings is 1. The monoisotopic (exact) mass is 295 g/mol. The summed E-state index contributed by atoms with van der Waals surface area (Å²) in [7, 11) is 0. The summed E-state index contributed by atoms with van der Waals surface area (Å²) in [4.78, 5) is 1.28. The molecule has 0 heterocycles. The second-order valence-electron chi connectivity index (χ2n) is 5.54. The normalized spacial score (nSPS) is 11.0. The highest BCUT2D eigenvalue weighted by Gasteiger charge is 1.96. The summed E-state index contributed by atoms with van der Waals surface area (Å²) < 4.78 is 5.74. The summed E-state index contributed by atoms with van der Waals surface area (Å²) in [6.45, 7) is 7.61. The summed E-state index contributed by atoms with van der Waals surface area (Å²) in [5.41, 5.74) is 0. The molecule has 0 spiro atoms. The van der Waals surface area contributed by atoms with Crippen molar-refractivity contribution in [3.8, 4) is 5.75 Å². The fourth-order valence-corrected chi connectivity index (χ4v) is 2.37. The highest BCUT2D eigenvalue weighted by molar-refractivity contribution is 7.98. The summed E-state index contributed by atoms with van der Waals surface area (Å²) >= 11 is 1.76. The maximum absolute atomic E-state index is 5.74. The Morgan fingerprint density at radius 2 is 1.75 bits per heavy atom. The Bertz CT molecular complexity index is 337. The first-order valence-corrected chi connectivity index (χ1v) is 8.92. The van der Waals surface area contributed by atoms with Gasteiger partial charge >= 0.3 is 0 Å². The number of nitrogens with one attached hydrogen (secondary N) is 1. The van der Waals surface area contributed by atoms with Gasteiger partial charge in [-0.1, -0.05) is 26.7 Å². The first-order chi connectivity index (χ1) is 9.72. The maximum Gasteiger partial charge on any atom is 0.119 e. The number of hydrogen-bond donors (Lipinski definition) is 1. The zero-order valence-corrected chi connectivity index (χ0v) is 14.0. The predicted molar refractivity (Wildman–Crippen MR) is 89.9 cm³/mol. The Hall–Kier alpha value is -0.670. The molecule has 0 amide bonds. The summed E-state index contributed by atoms with van der Waals surface area (Å²) in [6, 6.07) is 8.34. The molecular weight excluding hydrogens is 266 g/mol. The minimum Gasteiger partial charge on any atom is -0.494 e. The Kier molecular flexibility index (Phi) is 9.60. The van der Waals surface area contributed by atoms with Gasteiger partial charge in [0.15, 0.2) is 0 Å². The molecule has 3 heteroatoms. The van der Waals surface area contributed by atoms with Gasteiger partial charge in [-0.05, 0) is 62.4 Å². The fraction of sp³-hybridized carbons (Fsp3) is 0.647. The molecule has 0 aliphatic heterocycles. The minimum atomic E-state index is 0.751. The van der Waals surface area contributed by atoms with E-state index < -0.39 is 0 Å². The molecule has 0 saturated heterocycles. The van der Waals surface area contributed by atoms with Crippen molar-refractivity contribution in [2.45, 2.75) is 44.4 Å². The fourth-order valence-electron chi connectivity index (χ4n) is 1.96. The SMILES string of the molecule is CSc1ccc(OCCCCCCNCC(C)C)cc1. The molecule has 2 nitrogen and oxygen atoms in total.